The fraction of sp³-hybridized carbons (Fsp3) is 0.727. The van der Waals surface area contributed by atoms with Crippen molar-refractivity contribution in [2.24, 2.45) is 5.92 Å². The number of hydrogen-bond acceptors (Lipinski definition) is 6. The van der Waals surface area contributed by atoms with Crippen molar-refractivity contribution in [3.05, 3.63) is 11.5 Å². The standard InChI is InChI=1S/C11H13F3O6S/c1-2-18-10(15)9-8(5-7(19-9)6-3-4-6)20-21(16,17)11(12,13)14/h6-7H,2-5H2,1H3. The minimum atomic E-state index is -5.84. The number of halogens is 3. The van der Waals surface area contributed by atoms with Crippen LogP contribution in [0.1, 0.15) is 26.2 Å². The van der Waals surface area contributed by atoms with Crippen molar-refractivity contribution < 1.29 is 40.0 Å². The molecule has 6 nitrogen and oxygen atoms in total. The van der Waals surface area contributed by atoms with Crippen molar-refractivity contribution in [3.8, 4) is 0 Å². The molecule has 0 spiro atoms. The Morgan fingerprint density at radius 2 is 2.00 bits per heavy atom. The Hall–Kier alpha value is -1.45. The summed E-state index contributed by atoms with van der Waals surface area (Å²) >= 11 is 0. The molecule has 1 aliphatic heterocycles. The number of hydrogen-bond donors (Lipinski definition) is 0. The molecule has 0 radical (unpaired) electrons. The van der Waals surface area contributed by atoms with Gasteiger partial charge in [0.25, 0.3) is 0 Å². The molecule has 1 saturated carbocycles. The predicted octanol–water partition coefficient (Wildman–Crippen LogP) is 1.83. The van der Waals surface area contributed by atoms with E-state index < -0.39 is 39.2 Å². The minimum absolute atomic E-state index is 0.0287. The molecule has 1 heterocycles. The molecule has 1 atom stereocenters. The van der Waals surface area contributed by atoms with Crippen LogP contribution in [0.3, 0.4) is 0 Å². The van der Waals surface area contributed by atoms with E-state index in [1.807, 2.05) is 0 Å². The van der Waals surface area contributed by atoms with E-state index >= 15 is 0 Å². The van der Waals surface area contributed by atoms with Crippen molar-refractivity contribution in [2.45, 2.75) is 37.8 Å². The fourth-order valence-electron chi connectivity index (χ4n) is 1.88. The first-order valence-corrected chi connectivity index (χ1v) is 7.64. The molecule has 1 aliphatic carbocycles. The molecule has 0 aromatic rings. The number of carbonyl (C=O) groups is 1. The number of ether oxygens (including phenoxy) is 2. The lowest BCUT2D eigenvalue weighted by atomic mass is 10.2. The van der Waals surface area contributed by atoms with Crippen LogP contribution in [-0.2, 0) is 28.6 Å². The third-order valence-electron chi connectivity index (χ3n) is 3.01. The Balaban J connectivity index is 2.22. The highest BCUT2D eigenvalue weighted by molar-refractivity contribution is 7.87. The van der Waals surface area contributed by atoms with E-state index in [1.165, 1.54) is 6.92 Å². The molecule has 0 saturated heterocycles. The van der Waals surface area contributed by atoms with Gasteiger partial charge in [-0.2, -0.15) is 21.6 Å². The van der Waals surface area contributed by atoms with Gasteiger partial charge < -0.3 is 13.7 Å². The molecule has 0 amide bonds. The summed E-state index contributed by atoms with van der Waals surface area (Å²) in [4.78, 5) is 11.6. The van der Waals surface area contributed by atoms with Crippen LogP contribution in [0.15, 0.2) is 11.5 Å². The van der Waals surface area contributed by atoms with Gasteiger partial charge in [0.05, 0.1) is 6.61 Å². The zero-order valence-electron chi connectivity index (χ0n) is 11.0. The smallest absolute Gasteiger partial charge is 0.480 e. The number of esters is 1. The molecule has 0 bridgehead atoms. The maximum atomic E-state index is 12.3. The van der Waals surface area contributed by atoms with Crippen molar-refractivity contribution in [2.75, 3.05) is 6.61 Å². The molecule has 2 rings (SSSR count). The van der Waals surface area contributed by atoms with E-state index in [9.17, 15) is 26.4 Å². The van der Waals surface area contributed by atoms with Gasteiger partial charge in [0.2, 0.25) is 5.76 Å². The van der Waals surface area contributed by atoms with E-state index in [0.717, 1.165) is 12.8 Å². The highest BCUT2D eigenvalue weighted by Gasteiger charge is 2.51. The van der Waals surface area contributed by atoms with E-state index in [1.54, 1.807) is 0 Å². The lowest BCUT2D eigenvalue weighted by molar-refractivity contribution is -0.143. The fourth-order valence-corrected chi connectivity index (χ4v) is 2.38. The second kappa shape index (κ2) is 5.39. The van der Waals surface area contributed by atoms with Crippen molar-refractivity contribution in [3.63, 3.8) is 0 Å². The van der Waals surface area contributed by atoms with Gasteiger partial charge in [-0.15, -0.1) is 0 Å². The van der Waals surface area contributed by atoms with Crippen LogP contribution in [0.25, 0.3) is 0 Å². The summed E-state index contributed by atoms with van der Waals surface area (Å²) in [7, 11) is -5.84. The Kier molecular flexibility index (Phi) is 4.09. The zero-order valence-corrected chi connectivity index (χ0v) is 11.8. The second-order valence-corrected chi connectivity index (χ2v) is 6.19. The minimum Gasteiger partial charge on any atom is -0.480 e. The average molecular weight is 330 g/mol. The third kappa shape index (κ3) is 3.42. The third-order valence-corrected chi connectivity index (χ3v) is 4.00. The zero-order chi connectivity index (χ0) is 15.8. The molecule has 1 unspecified atom stereocenters. The summed E-state index contributed by atoms with van der Waals surface area (Å²) < 4.78 is 73.0. The molecule has 2 aliphatic rings. The van der Waals surface area contributed by atoms with Gasteiger partial charge in [0.15, 0.2) is 5.76 Å². The summed E-state index contributed by atoms with van der Waals surface area (Å²) in [5, 5.41) is 0. The SMILES string of the molecule is CCOC(=O)C1=C(OS(=O)(=O)C(F)(F)F)CC(C2CC2)O1. The molecule has 10 heteroatoms. The second-order valence-electron chi connectivity index (χ2n) is 4.65. The summed E-state index contributed by atoms with van der Waals surface area (Å²) in [6, 6.07) is 0. The highest BCUT2D eigenvalue weighted by atomic mass is 32.2. The monoisotopic (exact) mass is 330 g/mol. The van der Waals surface area contributed by atoms with Crippen molar-refractivity contribution >= 4 is 16.1 Å². The molecular weight excluding hydrogens is 317 g/mol. The van der Waals surface area contributed by atoms with Gasteiger partial charge in [-0.25, -0.2) is 4.79 Å². The lowest BCUT2D eigenvalue weighted by Gasteiger charge is -2.10. The van der Waals surface area contributed by atoms with Gasteiger partial charge >= 0.3 is 21.6 Å². The van der Waals surface area contributed by atoms with Crippen molar-refractivity contribution in [1.82, 2.24) is 0 Å². The molecular formula is C11H13F3O6S. The van der Waals surface area contributed by atoms with Crippen molar-refractivity contribution in [1.29, 1.82) is 0 Å². The lowest BCUT2D eigenvalue weighted by Crippen LogP contribution is -2.26. The quantitative estimate of drug-likeness (QED) is 0.435. The maximum absolute atomic E-state index is 12.3. The van der Waals surface area contributed by atoms with Crippen LogP contribution >= 0.6 is 0 Å². The maximum Gasteiger partial charge on any atom is 0.534 e. The topological polar surface area (TPSA) is 78.9 Å². The number of carbonyl (C=O) groups excluding carboxylic acids is 1. The van der Waals surface area contributed by atoms with E-state index in [2.05, 4.69) is 8.92 Å². The molecule has 0 N–H and O–H groups in total. The van der Waals surface area contributed by atoms with Gasteiger partial charge in [0, 0.05) is 6.42 Å². The van der Waals surface area contributed by atoms with Crippen LogP contribution in [0.2, 0.25) is 0 Å². The highest BCUT2D eigenvalue weighted by Crippen LogP contribution is 2.43. The molecule has 120 valence electrons. The van der Waals surface area contributed by atoms with Crippen LogP contribution in [-0.4, -0.2) is 32.6 Å². The van der Waals surface area contributed by atoms with Crippen LogP contribution in [0.5, 0.6) is 0 Å². The van der Waals surface area contributed by atoms with E-state index in [0.29, 0.717) is 0 Å². The van der Waals surface area contributed by atoms with Crippen LogP contribution in [0.4, 0.5) is 13.2 Å². The number of alkyl halides is 3. The molecule has 1 fully saturated rings. The Morgan fingerprint density at radius 3 is 2.48 bits per heavy atom. The Labute approximate surface area is 119 Å². The molecule has 21 heavy (non-hydrogen) atoms. The van der Waals surface area contributed by atoms with Crippen LogP contribution < -0.4 is 0 Å². The first kappa shape index (κ1) is 15.9. The van der Waals surface area contributed by atoms with Gasteiger partial charge in [-0.3, -0.25) is 0 Å². The average Bonchev–Trinajstić information content (AvgIpc) is 3.10. The molecule has 0 aromatic heterocycles. The Morgan fingerprint density at radius 1 is 1.38 bits per heavy atom. The summed E-state index contributed by atoms with van der Waals surface area (Å²) in [5.41, 5.74) is -5.57. The van der Waals surface area contributed by atoms with Gasteiger partial charge in [-0.05, 0) is 25.7 Å². The first-order valence-electron chi connectivity index (χ1n) is 6.23. The normalized spacial score (nSPS) is 23.0. The van der Waals surface area contributed by atoms with E-state index in [4.69, 9.17) is 4.74 Å². The Bertz CT molecular complexity index is 561. The number of rotatable bonds is 5. The van der Waals surface area contributed by atoms with Gasteiger partial charge in [-0.1, -0.05) is 0 Å². The summed E-state index contributed by atoms with van der Waals surface area (Å²) in [6.07, 6.45) is 0.858. The largest absolute Gasteiger partial charge is 0.534 e. The first-order chi connectivity index (χ1) is 9.65. The summed E-state index contributed by atoms with van der Waals surface area (Å²) in [5.74, 6) is -2.19. The predicted molar refractivity (Wildman–Crippen MR) is 61.9 cm³/mol. The summed E-state index contributed by atoms with van der Waals surface area (Å²) in [6.45, 7) is 1.47. The van der Waals surface area contributed by atoms with Gasteiger partial charge in [0.1, 0.15) is 6.10 Å². The van der Waals surface area contributed by atoms with Crippen LogP contribution in [0, 0.1) is 5.92 Å². The van der Waals surface area contributed by atoms with E-state index in [-0.39, 0.29) is 18.9 Å². The molecule has 0 aromatic carbocycles.